The lowest BCUT2D eigenvalue weighted by atomic mass is 10.3. The van der Waals surface area contributed by atoms with E-state index in [1.165, 1.54) is 19.2 Å². The van der Waals surface area contributed by atoms with Gasteiger partial charge >= 0.3 is 0 Å². The fourth-order valence-electron chi connectivity index (χ4n) is 1.55. The van der Waals surface area contributed by atoms with Gasteiger partial charge in [0.25, 0.3) is 11.5 Å². The van der Waals surface area contributed by atoms with E-state index in [1.54, 1.807) is 23.3 Å². The van der Waals surface area contributed by atoms with Crippen molar-refractivity contribution < 1.29 is 4.79 Å². The molecule has 1 amide bonds. The molecule has 7 heteroatoms. The van der Waals surface area contributed by atoms with E-state index < -0.39 is 0 Å². The molecule has 2 aromatic heterocycles. The maximum absolute atomic E-state index is 12.2. The van der Waals surface area contributed by atoms with Crippen LogP contribution in [-0.4, -0.2) is 27.6 Å². The highest BCUT2D eigenvalue weighted by molar-refractivity contribution is 9.11. The van der Waals surface area contributed by atoms with Gasteiger partial charge < -0.3 is 4.90 Å². The summed E-state index contributed by atoms with van der Waals surface area (Å²) in [4.78, 5) is 26.0. The zero-order valence-electron chi connectivity index (χ0n) is 10.5. The molecule has 0 unspecified atom stereocenters. The molecule has 0 aromatic carbocycles. The van der Waals surface area contributed by atoms with E-state index in [1.807, 2.05) is 12.1 Å². The molecule has 0 atom stereocenters. The Morgan fingerprint density at radius 3 is 2.74 bits per heavy atom. The van der Waals surface area contributed by atoms with Gasteiger partial charge in [-0.05, 0) is 34.1 Å². The van der Waals surface area contributed by atoms with Crippen LogP contribution in [0.25, 0.3) is 0 Å². The number of aryl methyl sites for hydroxylation is 1. The first-order valence-corrected chi connectivity index (χ1v) is 7.12. The molecule has 2 aromatic rings. The molecule has 19 heavy (non-hydrogen) atoms. The summed E-state index contributed by atoms with van der Waals surface area (Å²) in [5.74, 6) is -0.208. The predicted molar refractivity (Wildman–Crippen MR) is 77.3 cm³/mol. The number of hydrogen-bond acceptors (Lipinski definition) is 4. The van der Waals surface area contributed by atoms with Gasteiger partial charge in [-0.25, -0.2) is 4.68 Å². The summed E-state index contributed by atoms with van der Waals surface area (Å²) >= 11 is 4.97. The summed E-state index contributed by atoms with van der Waals surface area (Å²) in [6.45, 7) is 0.514. The number of aromatic nitrogens is 2. The van der Waals surface area contributed by atoms with E-state index in [4.69, 9.17) is 0 Å². The van der Waals surface area contributed by atoms with Crippen LogP contribution in [0.15, 0.2) is 32.8 Å². The Morgan fingerprint density at radius 1 is 1.42 bits per heavy atom. The van der Waals surface area contributed by atoms with Gasteiger partial charge in [0, 0.05) is 25.0 Å². The maximum atomic E-state index is 12.2. The van der Waals surface area contributed by atoms with Crippen LogP contribution in [0.3, 0.4) is 0 Å². The molecule has 0 radical (unpaired) electrons. The average molecular weight is 342 g/mol. The molecule has 0 fully saturated rings. The summed E-state index contributed by atoms with van der Waals surface area (Å²) < 4.78 is 2.19. The Bertz CT molecular complexity index is 665. The van der Waals surface area contributed by atoms with Gasteiger partial charge in [-0.1, -0.05) is 0 Å². The van der Waals surface area contributed by atoms with E-state index in [2.05, 4.69) is 21.0 Å². The van der Waals surface area contributed by atoms with Crippen molar-refractivity contribution in [2.75, 3.05) is 7.05 Å². The van der Waals surface area contributed by atoms with Gasteiger partial charge in [-0.2, -0.15) is 5.10 Å². The molecule has 0 aliphatic rings. The molecular formula is C12H12BrN3O2S. The summed E-state index contributed by atoms with van der Waals surface area (Å²) in [6.07, 6.45) is 0. The number of carbonyl (C=O) groups excluding carboxylic acids is 1. The maximum Gasteiger partial charge on any atom is 0.274 e. The number of rotatable bonds is 3. The van der Waals surface area contributed by atoms with Crippen LogP contribution < -0.4 is 5.56 Å². The van der Waals surface area contributed by atoms with E-state index in [0.717, 1.165) is 13.3 Å². The van der Waals surface area contributed by atoms with E-state index in [-0.39, 0.29) is 17.2 Å². The smallest absolute Gasteiger partial charge is 0.274 e. The highest BCUT2D eigenvalue weighted by atomic mass is 79.9. The number of halogens is 1. The minimum atomic E-state index is -0.235. The van der Waals surface area contributed by atoms with E-state index in [0.29, 0.717) is 6.54 Å². The van der Waals surface area contributed by atoms with Crippen molar-refractivity contribution in [3.8, 4) is 0 Å². The molecular weight excluding hydrogens is 330 g/mol. The van der Waals surface area contributed by atoms with Crippen LogP contribution in [0.2, 0.25) is 0 Å². The van der Waals surface area contributed by atoms with Crippen LogP contribution >= 0.6 is 27.3 Å². The quantitative estimate of drug-likeness (QED) is 0.856. The number of hydrogen-bond donors (Lipinski definition) is 0. The molecule has 0 spiro atoms. The Balaban J connectivity index is 2.14. The monoisotopic (exact) mass is 341 g/mol. The molecule has 0 saturated carbocycles. The fraction of sp³-hybridized carbons (Fsp3) is 0.250. The van der Waals surface area contributed by atoms with Gasteiger partial charge in [-0.3, -0.25) is 9.59 Å². The summed E-state index contributed by atoms with van der Waals surface area (Å²) in [6, 6.07) is 6.71. The average Bonchev–Trinajstić information content (AvgIpc) is 2.77. The van der Waals surface area contributed by atoms with Gasteiger partial charge in [0.15, 0.2) is 0 Å². The second-order valence-electron chi connectivity index (χ2n) is 4.05. The van der Waals surface area contributed by atoms with Gasteiger partial charge in [0.05, 0.1) is 10.3 Å². The third-order valence-corrected chi connectivity index (χ3v) is 4.16. The van der Waals surface area contributed by atoms with Gasteiger partial charge in [0.1, 0.15) is 5.69 Å². The standard InChI is InChI=1S/C12H12BrN3O2S/c1-15(7-8-3-5-10(13)19-8)12(18)9-4-6-11(17)16(2)14-9/h3-6H,7H2,1-2H3. The normalized spacial score (nSPS) is 10.5. The summed E-state index contributed by atoms with van der Waals surface area (Å²) in [5, 5.41) is 3.95. The molecule has 0 bridgehead atoms. The highest BCUT2D eigenvalue weighted by Gasteiger charge is 2.15. The first kappa shape index (κ1) is 14.0. The van der Waals surface area contributed by atoms with Crippen LogP contribution in [-0.2, 0) is 13.6 Å². The number of carbonyl (C=O) groups is 1. The van der Waals surface area contributed by atoms with Crippen molar-refractivity contribution >= 4 is 33.2 Å². The zero-order valence-corrected chi connectivity index (χ0v) is 12.9. The Morgan fingerprint density at radius 2 is 2.16 bits per heavy atom. The number of thiophene rings is 1. The van der Waals surface area contributed by atoms with Crippen LogP contribution in [0, 0.1) is 0 Å². The third-order valence-electron chi connectivity index (χ3n) is 2.55. The lowest BCUT2D eigenvalue weighted by Crippen LogP contribution is -2.29. The van der Waals surface area contributed by atoms with Crippen molar-refractivity contribution in [3.05, 3.63) is 49.0 Å². The van der Waals surface area contributed by atoms with E-state index >= 15 is 0 Å². The van der Waals surface area contributed by atoms with Crippen molar-refractivity contribution in [2.45, 2.75) is 6.54 Å². The second kappa shape index (κ2) is 5.66. The summed E-state index contributed by atoms with van der Waals surface area (Å²) in [7, 11) is 3.23. The van der Waals surface area contributed by atoms with Crippen LogP contribution in [0.4, 0.5) is 0 Å². The highest BCUT2D eigenvalue weighted by Crippen LogP contribution is 2.23. The molecule has 5 nitrogen and oxygen atoms in total. The number of amides is 1. The molecule has 0 aliphatic carbocycles. The van der Waals surface area contributed by atoms with Crippen molar-refractivity contribution in [2.24, 2.45) is 7.05 Å². The van der Waals surface area contributed by atoms with Gasteiger partial charge in [0.2, 0.25) is 0 Å². The first-order chi connectivity index (χ1) is 8.97. The lowest BCUT2D eigenvalue weighted by Gasteiger charge is -2.15. The molecule has 0 saturated heterocycles. The minimum absolute atomic E-state index is 0.208. The number of nitrogens with zero attached hydrogens (tertiary/aromatic N) is 3. The largest absolute Gasteiger partial charge is 0.335 e. The van der Waals surface area contributed by atoms with E-state index in [9.17, 15) is 9.59 Å². The predicted octanol–water partition coefficient (Wildman–Crippen LogP) is 1.88. The molecule has 100 valence electrons. The lowest BCUT2D eigenvalue weighted by molar-refractivity contribution is 0.0778. The van der Waals surface area contributed by atoms with Gasteiger partial charge in [-0.15, -0.1) is 11.3 Å². The topological polar surface area (TPSA) is 55.2 Å². The first-order valence-electron chi connectivity index (χ1n) is 5.51. The Kier molecular flexibility index (Phi) is 4.16. The van der Waals surface area contributed by atoms with Crippen LogP contribution in [0.1, 0.15) is 15.4 Å². The van der Waals surface area contributed by atoms with Crippen LogP contribution in [0.5, 0.6) is 0 Å². The zero-order chi connectivity index (χ0) is 14.0. The van der Waals surface area contributed by atoms with Crippen molar-refractivity contribution in [3.63, 3.8) is 0 Å². The SMILES string of the molecule is CN(Cc1ccc(Br)s1)C(=O)c1ccc(=O)n(C)n1. The molecule has 2 heterocycles. The fourth-order valence-corrected chi connectivity index (χ4v) is 3.09. The van der Waals surface area contributed by atoms with Crippen molar-refractivity contribution in [1.82, 2.24) is 14.7 Å². The molecule has 2 rings (SSSR count). The Labute approximate surface area is 122 Å². The molecule has 0 N–H and O–H groups in total. The Hall–Kier alpha value is -1.47. The second-order valence-corrected chi connectivity index (χ2v) is 6.60. The minimum Gasteiger partial charge on any atom is -0.335 e. The summed E-state index contributed by atoms with van der Waals surface area (Å²) in [5.41, 5.74) is 0.0293. The molecule has 0 aliphatic heterocycles. The van der Waals surface area contributed by atoms with Crippen molar-refractivity contribution in [1.29, 1.82) is 0 Å². The third kappa shape index (κ3) is 3.30.